The van der Waals surface area contributed by atoms with E-state index in [2.05, 4.69) is 4.99 Å². The maximum Gasteiger partial charge on any atom is 0.434 e. The van der Waals surface area contributed by atoms with Crippen molar-refractivity contribution in [2.24, 2.45) is 4.99 Å². The van der Waals surface area contributed by atoms with Crippen molar-refractivity contribution in [3.8, 4) is 6.07 Å². The monoisotopic (exact) mass is 329 g/mol. The molecule has 24 heavy (non-hydrogen) atoms. The minimum atomic E-state index is -0.710. The van der Waals surface area contributed by atoms with Gasteiger partial charge in [0.05, 0.1) is 18.1 Å². The van der Waals surface area contributed by atoms with Gasteiger partial charge in [0.15, 0.2) is 0 Å². The Morgan fingerprint density at radius 1 is 1.21 bits per heavy atom. The summed E-state index contributed by atoms with van der Waals surface area (Å²) >= 11 is 0. The lowest BCUT2D eigenvalue weighted by atomic mass is 10.0. The summed E-state index contributed by atoms with van der Waals surface area (Å²) in [5.74, 6) is -0.147. The molecule has 6 heteroatoms. The number of benzene rings is 1. The summed E-state index contributed by atoms with van der Waals surface area (Å²) in [7, 11) is 3.30. The summed E-state index contributed by atoms with van der Waals surface area (Å²) in [6.45, 7) is 5.27. The molecule has 1 rings (SSSR count). The van der Waals surface area contributed by atoms with Crippen LogP contribution in [0.4, 0.5) is 4.79 Å². The summed E-state index contributed by atoms with van der Waals surface area (Å²) < 4.78 is 5.19. The minimum Gasteiger partial charge on any atom is -0.442 e. The summed E-state index contributed by atoms with van der Waals surface area (Å²) in [6.07, 6.45) is -0.339. The predicted molar refractivity (Wildman–Crippen MR) is 91.8 cm³/mol. The number of amides is 2. The molecule has 0 atom stereocenters. The van der Waals surface area contributed by atoms with Gasteiger partial charge in [0, 0.05) is 26.2 Å². The van der Waals surface area contributed by atoms with Crippen molar-refractivity contribution in [2.45, 2.75) is 39.2 Å². The van der Waals surface area contributed by atoms with Crippen molar-refractivity contribution >= 4 is 17.7 Å². The van der Waals surface area contributed by atoms with Gasteiger partial charge in [-0.05, 0) is 38.5 Å². The highest BCUT2D eigenvalue weighted by atomic mass is 16.6. The molecule has 0 N–H and O–H groups in total. The second kappa shape index (κ2) is 8.25. The summed E-state index contributed by atoms with van der Waals surface area (Å²) in [5.41, 5.74) is 1.19. The van der Waals surface area contributed by atoms with Crippen LogP contribution in [0.15, 0.2) is 29.3 Å². The molecule has 0 heterocycles. The maximum absolute atomic E-state index is 12.0. The lowest BCUT2D eigenvalue weighted by Gasteiger charge is -2.18. The quantitative estimate of drug-likeness (QED) is 0.795. The van der Waals surface area contributed by atoms with E-state index >= 15 is 0 Å². The molecule has 0 unspecified atom stereocenters. The van der Waals surface area contributed by atoms with Crippen LogP contribution in [0.5, 0.6) is 0 Å². The Kier molecular flexibility index (Phi) is 6.66. The zero-order valence-electron chi connectivity index (χ0n) is 14.8. The SMILES string of the molecule is CN(C)C(=O)C/C(Cc1ccc(C#N)cc1)=N\C(=O)OC(C)(C)C. The highest BCUT2D eigenvalue weighted by molar-refractivity contribution is 6.05. The van der Waals surface area contributed by atoms with Crippen LogP contribution in [-0.2, 0) is 16.0 Å². The predicted octanol–water partition coefficient (Wildman–Crippen LogP) is 2.96. The molecule has 0 fully saturated rings. The van der Waals surface area contributed by atoms with E-state index in [0.717, 1.165) is 5.56 Å². The zero-order chi connectivity index (χ0) is 18.3. The summed E-state index contributed by atoms with van der Waals surface area (Å²) in [4.78, 5) is 29.3. The van der Waals surface area contributed by atoms with Gasteiger partial charge in [-0.1, -0.05) is 12.1 Å². The molecule has 0 aromatic heterocycles. The van der Waals surface area contributed by atoms with E-state index in [4.69, 9.17) is 10.00 Å². The third kappa shape index (κ3) is 7.05. The van der Waals surface area contributed by atoms with E-state index in [-0.39, 0.29) is 12.3 Å². The lowest BCUT2D eigenvalue weighted by Crippen LogP contribution is -2.27. The molecule has 0 saturated carbocycles. The van der Waals surface area contributed by atoms with Crippen molar-refractivity contribution in [2.75, 3.05) is 14.1 Å². The first-order valence-corrected chi connectivity index (χ1v) is 7.59. The van der Waals surface area contributed by atoms with Gasteiger partial charge in [0.25, 0.3) is 0 Å². The van der Waals surface area contributed by atoms with Crippen LogP contribution in [0.25, 0.3) is 0 Å². The molecule has 0 saturated heterocycles. The molecule has 0 radical (unpaired) electrons. The van der Waals surface area contributed by atoms with Gasteiger partial charge in [-0.2, -0.15) is 10.3 Å². The third-order valence-electron chi connectivity index (χ3n) is 2.99. The molecule has 0 aliphatic rings. The molecule has 1 aromatic rings. The van der Waals surface area contributed by atoms with Crippen LogP contribution >= 0.6 is 0 Å². The Labute approximate surface area is 142 Å². The third-order valence-corrected chi connectivity index (χ3v) is 2.99. The van der Waals surface area contributed by atoms with Crippen LogP contribution < -0.4 is 0 Å². The Balaban J connectivity index is 2.97. The molecule has 0 aliphatic heterocycles. The number of nitrogens with zero attached hydrogens (tertiary/aromatic N) is 3. The van der Waals surface area contributed by atoms with Crippen LogP contribution in [0.3, 0.4) is 0 Å². The molecule has 128 valence electrons. The molecule has 0 bridgehead atoms. The fourth-order valence-corrected chi connectivity index (χ4v) is 1.82. The van der Waals surface area contributed by atoms with Gasteiger partial charge in [0.2, 0.25) is 5.91 Å². The first-order chi connectivity index (χ1) is 11.1. The number of aliphatic imine (C=N–C) groups is 1. The van der Waals surface area contributed by atoms with E-state index in [1.165, 1.54) is 4.90 Å². The molecule has 6 nitrogen and oxygen atoms in total. The average molecular weight is 329 g/mol. The fourth-order valence-electron chi connectivity index (χ4n) is 1.82. The largest absolute Gasteiger partial charge is 0.442 e. The van der Waals surface area contributed by atoms with Crippen molar-refractivity contribution in [1.82, 2.24) is 4.90 Å². The molecular weight excluding hydrogens is 306 g/mol. The first kappa shape index (κ1) is 19.4. The highest BCUT2D eigenvalue weighted by Crippen LogP contribution is 2.11. The Bertz CT molecular complexity index is 662. The second-order valence-electron chi connectivity index (χ2n) is 6.61. The molecule has 0 spiro atoms. The van der Waals surface area contributed by atoms with Gasteiger partial charge < -0.3 is 9.64 Å². The van der Waals surface area contributed by atoms with Crippen molar-refractivity contribution in [3.63, 3.8) is 0 Å². The highest BCUT2D eigenvalue weighted by Gasteiger charge is 2.18. The second-order valence-corrected chi connectivity index (χ2v) is 6.61. The lowest BCUT2D eigenvalue weighted by molar-refractivity contribution is -0.127. The average Bonchev–Trinajstić information content (AvgIpc) is 2.45. The smallest absolute Gasteiger partial charge is 0.434 e. The number of ether oxygens (including phenoxy) is 1. The number of carbonyl (C=O) groups is 2. The van der Waals surface area contributed by atoms with Crippen LogP contribution in [0, 0.1) is 11.3 Å². The minimum absolute atomic E-state index is 0.0340. The topological polar surface area (TPSA) is 82.8 Å². The normalized spacial score (nSPS) is 11.6. The number of hydrogen-bond acceptors (Lipinski definition) is 4. The van der Waals surface area contributed by atoms with Gasteiger partial charge in [-0.15, -0.1) is 0 Å². The van der Waals surface area contributed by atoms with E-state index in [1.807, 2.05) is 6.07 Å². The first-order valence-electron chi connectivity index (χ1n) is 7.59. The fraction of sp³-hybridized carbons (Fsp3) is 0.444. The number of nitriles is 1. The Morgan fingerprint density at radius 2 is 1.79 bits per heavy atom. The zero-order valence-corrected chi connectivity index (χ0v) is 14.8. The van der Waals surface area contributed by atoms with Crippen LogP contribution in [0.1, 0.15) is 38.3 Å². The van der Waals surface area contributed by atoms with E-state index in [1.54, 1.807) is 59.1 Å². The number of hydrogen-bond donors (Lipinski definition) is 0. The van der Waals surface area contributed by atoms with Crippen molar-refractivity contribution in [1.29, 1.82) is 5.26 Å². The summed E-state index contributed by atoms with van der Waals surface area (Å²) in [5, 5.41) is 8.83. The van der Waals surface area contributed by atoms with Crippen molar-refractivity contribution in [3.05, 3.63) is 35.4 Å². The Hall–Kier alpha value is -2.68. The molecule has 2 amide bonds. The van der Waals surface area contributed by atoms with Gasteiger partial charge in [-0.3, -0.25) is 4.79 Å². The van der Waals surface area contributed by atoms with Gasteiger partial charge in [-0.25, -0.2) is 4.79 Å². The molecule has 0 aliphatic carbocycles. The van der Waals surface area contributed by atoms with Crippen LogP contribution in [-0.4, -0.2) is 42.3 Å². The maximum atomic E-state index is 12.0. The van der Waals surface area contributed by atoms with Gasteiger partial charge >= 0.3 is 6.09 Å². The number of carbonyl (C=O) groups excluding carboxylic acids is 2. The standard InChI is InChI=1S/C18H23N3O3/c1-18(2,3)24-17(23)20-15(11-16(22)21(4)5)10-13-6-8-14(12-19)9-7-13/h6-9H,10-11H2,1-5H3/b20-15-. The van der Waals surface area contributed by atoms with Gasteiger partial charge in [0.1, 0.15) is 5.60 Å². The van der Waals surface area contributed by atoms with E-state index < -0.39 is 11.7 Å². The molecule has 1 aromatic carbocycles. The summed E-state index contributed by atoms with van der Waals surface area (Å²) in [6, 6.07) is 8.99. The van der Waals surface area contributed by atoms with E-state index in [9.17, 15) is 9.59 Å². The Morgan fingerprint density at radius 3 is 2.25 bits per heavy atom. The van der Waals surface area contributed by atoms with Crippen LogP contribution in [0.2, 0.25) is 0 Å². The van der Waals surface area contributed by atoms with Crippen molar-refractivity contribution < 1.29 is 14.3 Å². The number of rotatable bonds is 4. The molecular formula is C18H23N3O3. The van der Waals surface area contributed by atoms with E-state index in [0.29, 0.717) is 17.7 Å².